The molecule has 2 amide bonds. The zero-order valence-corrected chi connectivity index (χ0v) is 18.3. The molecule has 0 radical (unpaired) electrons. The SMILES string of the molecule is CN(C[C@H]1CC[C@H](C(=O)N2CCC(c3ccncc3)C2)CC1)C(=O)OC(C)(C)C. The van der Waals surface area contributed by atoms with E-state index in [4.69, 9.17) is 4.74 Å². The summed E-state index contributed by atoms with van der Waals surface area (Å²) < 4.78 is 5.44. The van der Waals surface area contributed by atoms with E-state index in [0.29, 0.717) is 24.3 Å². The molecule has 1 aromatic rings. The predicted molar refractivity (Wildman–Crippen MR) is 112 cm³/mol. The molecule has 0 aromatic carbocycles. The van der Waals surface area contributed by atoms with E-state index in [1.807, 2.05) is 33.2 Å². The van der Waals surface area contributed by atoms with Gasteiger partial charge in [0.05, 0.1) is 0 Å². The van der Waals surface area contributed by atoms with Crippen molar-refractivity contribution in [1.82, 2.24) is 14.8 Å². The molecule has 2 heterocycles. The van der Waals surface area contributed by atoms with Crippen molar-refractivity contribution in [2.45, 2.75) is 64.4 Å². The molecule has 6 nitrogen and oxygen atoms in total. The summed E-state index contributed by atoms with van der Waals surface area (Å²) in [5.41, 5.74) is 0.809. The number of nitrogens with zero attached hydrogens (tertiary/aromatic N) is 3. The molecule has 1 unspecified atom stereocenters. The minimum atomic E-state index is -0.473. The first-order valence-corrected chi connectivity index (χ1v) is 10.9. The fourth-order valence-electron chi connectivity index (χ4n) is 4.52. The van der Waals surface area contributed by atoms with Gasteiger partial charge in [-0.1, -0.05) is 0 Å². The molecule has 1 aliphatic carbocycles. The van der Waals surface area contributed by atoms with Crippen molar-refractivity contribution in [3.63, 3.8) is 0 Å². The largest absolute Gasteiger partial charge is 0.444 e. The molecular weight excluding hydrogens is 366 g/mol. The fraction of sp³-hybridized carbons (Fsp3) is 0.696. The van der Waals surface area contributed by atoms with Gasteiger partial charge in [0.25, 0.3) is 0 Å². The van der Waals surface area contributed by atoms with Crippen LogP contribution in [0, 0.1) is 11.8 Å². The van der Waals surface area contributed by atoms with E-state index >= 15 is 0 Å². The van der Waals surface area contributed by atoms with E-state index in [0.717, 1.165) is 45.2 Å². The summed E-state index contributed by atoms with van der Waals surface area (Å²) in [6.07, 6.45) is 8.24. The van der Waals surface area contributed by atoms with Gasteiger partial charge in [-0.2, -0.15) is 0 Å². The summed E-state index contributed by atoms with van der Waals surface area (Å²) in [7, 11) is 1.80. The fourth-order valence-corrected chi connectivity index (χ4v) is 4.52. The van der Waals surface area contributed by atoms with Gasteiger partial charge in [-0.25, -0.2) is 4.79 Å². The highest BCUT2D eigenvalue weighted by Gasteiger charge is 2.34. The zero-order chi connectivity index (χ0) is 21.0. The Kier molecular flexibility index (Phi) is 6.81. The molecule has 29 heavy (non-hydrogen) atoms. The maximum absolute atomic E-state index is 13.0. The molecule has 2 fully saturated rings. The second-order valence-electron chi connectivity index (χ2n) is 9.63. The average molecular weight is 402 g/mol. The lowest BCUT2D eigenvalue weighted by molar-refractivity contribution is -0.135. The third-order valence-corrected chi connectivity index (χ3v) is 6.11. The van der Waals surface area contributed by atoms with Crippen LogP contribution < -0.4 is 0 Å². The smallest absolute Gasteiger partial charge is 0.410 e. The number of hydrogen-bond acceptors (Lipinski definition) is 4. The number of likely N-dealkylation sites (tertiary alicyclic amines) is 1. The first-order valence-electron chi connectivity index (χ1n) is 10.9. The molecule has 1 atom stereocenters. The minimum Gasteiger partial charge on any atom is -0.444 e. The number of carbonyl (C=O) groups excluding carboxylic acids is 2. The van der Waals surface area contributed by atoms with Crippen LogP contribution in [-0.4, -0.2) is 59.1 Å². The number of pyridine rings is 1. The zero-order valence-electron chi connectivity index (χ0n) is 18.3. The maximum atomic E-state index is 13.0. The standard InChI is InChI=1S/C23H35N3O3/c1-23(2,3)29-22(28)25(4)15-17-5-7-19(8-6-17)21(27)26-14-11-20(16-26)18-9-12-24-13-10-18/h9-10,12-13,17,19-20H,5-8,11,14-16H2,1-4H3/t17-,19-,20?. The molecule has 0 spiro atoms. The Morgan fingerprint density at radius 2 is 1.79 bits per heavy atom. The minimum absolute atomic E-state index is 0.134. The van der Waals surface area contributed by atoms with Crippen LogP contribution in [0.25, 0.3) is 0 Å². The van der Waals surface area contributed by atoms with E-state index in [2.05, 4.69) is 22.0 Å². The summed E-state index contributed by atoms with van der Waals surface area (Å²) in [6, 6.07) is 4.12. The van der Waals surface area contributed by atoms with Crippen molar-refractivity contribution in [1.29, 1.82) is 0 Å². The summed E-state index contributed by atoms with van der Waals surface area (Å²) in [4.78, 5) is 33.0. The molecule has 1 aliphatic heterocycles. The van der Waals surface area contributed by atoms with Gasteiger partial charge in [-0.3, -0.25) is 9.78 Å². The first-order chi connectivity index (χ1) is 13.7. The Bertz CT molecular complexity index is 693. The maximum Gasteiger partial charge on any atom is 0.410 e. The van der Waals surface area contributed by atoms with Crippen molar-refractivity contribution in [2.75, 3.05) is 26.7 Å². The van der Waals surface area contributed by atoms with E-state index in [1.165, 1.54) is 5.56 Å². The number of carbonyl (C=O) groups is 2. The molecule has 2 aliphatic rings. The third-order valence-electron chi connectivity index (χ3n) is 6.11. The molecule has 6 heteroatoms. The highest BCUT2D eigenvalue weighted by atomic mass is 16.6. The van der Waals surface area contributed by atoms with Crippen molar-refractivity contribution in [3.05, 3.63) is 30.1 Å². The highest BCUT2D eigenvalue weighted by Crippen LogP contribution is 2.33. The van der Waals surface area contributed by atoms with Gasteiger partial charge in [-0.05, 0) is 76.5 Å². The quantitative estimate of drug-likeness (QED) is 0.763. The highest BCUT2D eigenvalue weighted by molar-refractivity contribution is 5.79. The Labute approximate surface area is 174 Å². The molecule has 0 N–H and O–H groups in total. The van der Waals surface area contributed by atoms with Gasteiger partial charge in [0.15, 0.2) is 0 Å². The number of aromatic nitrogens is 1. The number of ether oxygens (including phenoxy) is 1. The van der Waals surface area contributed by atoms with Crippen LogP contribution >= 0.6 is 0 Å². The van der Waals surface area contributed by atoms with Gasteiger partial charge in [0.1, 0.15) is 5.60 Å². The Balaban J connectivity index is 1.43. The number of amides is 2. The molecule has 1 saturated carbocycles. The average Bonchev–Trinajstić information content (AvgIpc) is 3.17. The predicted octanol–water partition coefficient (Wildman–Crippen LogP) is 4.07. The molecular formula is C23H35N3O3. The van der Waals surface area contributed by atoms with Gasteiger partial charge < -0.3 is 14.5 Å². The third kappa shape index (κ3) is 5.94. The Hall–Kier alpha value is -2.11. The number of rotatable bonds is 4. The van der Waals surface area contributed by atoms with Crippen LogP contribution in [0.1, 0.15) is 64.4 Å². The van der Waals surface area contributed by atoms with Crippen LogP contribution in [0.4, 0.5) is 4.79 Å². The van der Waals surface area contributed by atoms with Crippen LogP contribution in [0.15, 0.2) is 24.5 Å². The topological polar surface area (TPSA) is 62.7 Å². The van der Waals surface area contributed by atoms with E-state index in [9.17, 15) is 9.59 Å². The van der Waals surface area contributed by atoms with Crippen LogP contribution in [0.3, 0.4) is 0 Å². The summed E-state index contributed by atoms with van der Waals surface area (Å²) in [6.45, 7) is 8.02. The van der Waals surface area contributed by atoms with E-state index in [1.54, 1.807) is 11.9 Å². The Morgan fingerprint density at radius 3 is 2.41 bits per heavy atom. The lowest BCUT2D eigenvalue weighted by Gasteiger charge is -2.33. The monoisotopic (exact) mass is 401 g/mol. The van der Waals surface area contributed by atoms with E-state index < -0.39 is 5.60 Å². The van der Waals surface area contributed by atoms with Crippen molar-refractivity contribution in [2.24, 2.45) is 11.8 Å². The van der Waals surface area contributed by atoms with Crippen LogP contribution in [0.5, 0.6) is 0 Å². The summed E-state index contributed by atoms with van der Waals surface area (Å²) in [5.74, 6) is 1.33. The van der Waals surface area contributed by atoms with Crippen LogP contribution in [-0.2, 0) is 9.53 Å². The van der Waals surface area contributed by atoms with Gasteiger partial charge in [0, 0.05) is 50.9 Å². The van der Waals surface area contributed by atoms with Crippen LogP contribution in [0.2, 0.25) is 0 Å². The Morgan fingerprint density at radius 1 is 1.14 bits per heavy atom. The normalized spacial score (nSPS) is 25.0. The molecule has 1 saturated heterocycles. The van der Waals surface area contributed by atoms with Crippen molar-refractivity contribution >= 4 is 12.0 Å². The second-order valence-corrected chi connectivity index (χ2v) is 9.63. The van der Waals surface area contributed by atoms with E-state index in [-0.39, 0.29) is 12.0 Å². The molecule has 0 bridgehead atoms. The van der Waals surface area contributed by atoms with Gasteiger partial charge >= 0.3 is 6.09 Å². The lowest BCUT2D eigenvalue weighted by atomic mass is 9.81. The number of hydrogen-bond donors (Lipinski definition) is 0. The first kappa shape index (κ1) is 21.6. The molecule has 160 valence electrons. The summed E-state index contributed by atoms with van der Waals surface area (Å²) in [5, 5.41) is 0. The van der Waals surface area contributed by atoms with Crippen molar-refractivity contribution in [3.8, 4) is 0 Å². The lowest BCUT2D eigenvalue weighted by Crippen LogP contribution is -2.39. The summed E-state index contributed by atoms with van der Waals surface area (Å²) >= 11 is 0. The van der Waals surface area contributed by atoms with Gasteiger partial charge in [0.2, 0.25) is 5.91 Å². The van der Waals surface area contributed by atoms with Gasteiger partial charge in [-0.15, -0.1) is 0 Å². The second kappa shape index (κ2) is 9.14. The molecule has 1 aromatic heterocycles. The van der Waals surface area contributed by atoms with Crippen molar-refractivity contribution < 1.29 is 14.3 Å². The molecule has 3 rings (SSSR count).